The molecule has 1 heterocycles. The maximum atomic E-state index is 11.5. The number of hydrogen-bond acceptors (Lipinski definition) is 4. The van der Waals surface area contributed by atoms with Crippen molar-refractivity contribution >= 4 is 11.9 Å². The number of benzene rings is 1. The molecule has 7 nitrogen and oxygen atoms in total. The maximum Gasteiger partial charge on any atom is 0.335 e. The summed E-state index contributed by atoms with van der Waals surface area (Å²) >= 11 is 0. The number of H-pyrrole nitrogens is 1. The number of carboxylic acids is 1. The van der Waals surface area contributed by atoms with Gasteiger partial charge in [-0.25, -0.2) is 4.79 Å². The molecule has 3 N–H and O–H groups in total. The van der Waals surface area contributed by atoms with Crippen molar-refractivity contribution in [2.75, 3.05) is 6.54 Å². The molecule has 98 valence electrons. The van der Waals surface area contributed by atoms with Crippen molar-refractivity contribution < 1.29 is 14.7 Å². The molecule has 1 aromatic carbocycles. The summed E-state index contributed by atoms with van der Waals surface area (Å²) in [4.78, 5) is 22.3. The molecule has 0 aliphatic rings. The lowest BCUT2D eigenvalue weighted by Gasteiger charge is -2.04. The molecule has 0 spiro atoms. The summed E-state index contributed by atoms with van der Waals surface area (Å²) < 4.78 is 0. The molecule has 1 amide bonds. The van der Waals surface area contributed by atoms with E-state index in [0.29, 0.717) is 13.0 Å². The molecule has 0 saturated heterocycles. The highest BCUT2D eigenvalue weighted by atomic mass is 16.4. The van der Waals surface area contributed by atoms with Crippen LogP contribution in [0.2, 0.25) is 0 Å². The van der Waals surface area contributed by atoms with E-state index in [1.807, 2.05) is 6.07 Å². The Morgan fingerprint density at radius 2 is 2.21 bits per heavy atom. The predicted molar refractivity (Wildman–Crippen MR) is 65.8 cm³/mol. The average molecular weight is 260 g/mol. The third-order valence-electron chi connectivity index (χ3n) is 2.52. The number of nitrogens with zero attached hydrogens (tertiary/aromatic N) is 2. The molecule has 0 atom stereocenters. The second-order valence-corrected chi connectivity index (χ2v) is 3.87. The van der Waals surface area contributed by atoms with E-state index >= 15 is 0 Å². The van der Waals surface area contributed by atoms with Crippen LogP contribution in [0.4, 0.5) is 0 Å². The SMILES string of the molecule is O=C(O)c1cccc(CCNC(=O)c2cn[nH]n2)c1. The molecule has 7 heteroatoms. The molecular weight excluding hydrogens is 248 g/mol. The Balaban J connectivity index is 1.87. The first-order valence-electron chi connectivity index (χ1n) is 5.63. The zero-order valence-electron chi connectivity index (χ0n) is 9.96. The Kier molecular flexibility index (Phi) is 3.87. The van der Waals surface area contributed by atoms with Crippen LogP contribution in [-0.4, -0.2) is 38.9 Å². The molecule has 0 saturated carbocycles. The zero-order valence-corrected chi connectivity index (χ0v) is 9.96. The average Bonchev–Trinajstić information content (AvgIpc) is 2.93. The summed E-state index contributed by atoms with van der Waals surface area (Å²) in [5.41, 5.74) is 1.31. The number of nitrogens with one attached hydrogen (secondary N) is 2. The lowest BCUT2D eigenvalue weighted by molar-refractivity contribution is 0.0696. The number of carbonyl (C=O) groups excluding carboxylic acids is 1. The van der Waals surface area contributed by atoms with E-state index in [4.69, 9.17) is 5.11 Å². The Hall–Kier alpha value is -2.70. The van der Waals surface area contributed by atoms with E-state index in [-0.39, 0.29) is 17.2 Å². The van der Waals surface area contributed by atoms with Crippen molar-refractivity contribution in [3.05, 3.63) is 47.3 Å². The van der Waals surface area contributed by atoms with Crippen molar-refractivity contribution in [1.82, 2.24) is 20.7 Å². The summed E-state index contributed by atoms with van der Waals surface area (Å²) in [6, 6.07) is 6.61. The van der Waals surface area contributed by atoms with E-state index in [9.17, 15) is 9.59 Å². The summed E-state index contributed by atoms with van der Waals surface area (Å²) in [7, 11) is 0. The van der Waals surface area contributed by atoms with Gasteiger partial charge in [-0.2, -0.15) is 15.4 Å². The minimum atomic E-state index is -0.964. The molecular formula is C12H12N4O3. The number of aromatic amines is 1. The van der Waals surface area contributed by atoms with Crippen LogP contribution >= 0.6 is 0 Å². The van der Waals surface area contributed by atoms with Gasteiger partial charge in [0.05, 0.1) is 11.8 Å². The van der Waals surface area contributed by atoms with Gasteiger partial charge in [0.1, 0.15) is 0 Å². The lowest BCUT2D eigenvalue weighted by Crippen LogP contribution is -2.26. The van der Waals surface area contributed by atoms with Gasteiger partial charge in [-0.05, 0) is 24.1 Å². The first-order chi connectivity index (χ1) is 9.16. The molecule has 0 radical (unpaired) electrons. The minimum Gasteiger partial charge on any atom is -0.478 e. The fourth-order valence-electron chi connectivity index (χ4n) is 1.58. The van der Waals surface area contributed by atoms with Crippen LogP contribution in [0, 0.1) is 0 Å². The van der Waals surface area contributed by atoms with Gasteiger partial charge in [0.25, 0.3) is 5.91 Å². The van der Waals surface area contributed by atoms with E-state index < -0.39 is 5.97 Å². The van der Waals surface area contributed by atoms with Crippen molar-refractivity contribution in [1.29, 1.82) is 0 Å². The van der Waals surface area contributed by atoms with Crippen molar-refractivity contribution in [3.8, 4) is 0 Å². The normalized spacial score (nSPS) is 10.1. The number of carbonyl (C=O) groups is 2. The van der Waals surface area contributed by atoms with Crippen molar-refractivity contribution in [2.24, 2.45) is 0 Å². The van der Waals surface area contributed by atoms with Gasteiger partial charge in [-0.15, -0.1) is 0 Å². The van der Waals surface area contributed by atoms with Crippen LogP contribution in [0.25, 0.3) is 0 Å². The van der Waals surface area contributed by atoms with Gasteiger partial charge in [0.2, 0.25) is 0 Å². The van der Waals surface area contributed by atoms with Crippen LogP contribution in [0.3, 0.4) is 0 Å². The Morgan fingerprint density at radius 1 is 1.37 bits per heavy atom. The van der Waals surface area contributed by atoms with E-state index in [0.717, 1.165) is 5.56 Å². The highest BCUT2D eigenvalue weighted by molar-refractivity contribution is 5.91. The van der Waals surface area contributed by atoms with Crippen molar-refractivity contribution in [2.45, 2.75) is 6.42 Å². The Morgan fingerprint density at radius 3 is 2.89 bits per heavy atom. The third kappa shape index (κ3) is 3.38. The second-order valence-electron chi connectivity index (χ2n) is 3.87. The van der Waals surface area contributed by atoms with Gasteiger partial charge >= 0.3 is 5.97 Å². The summed E-state index contributed by atoms with van der Waals surface area (Å²) in [5.74, 6) is -1.28. The summed E-state index contributed by atoms with van der Waals surface area (Å²) in [5, 5.41) is 21.1. The van der Waals surface area contributed by atoms with E-state index in [1.54, 1.807) is 12.1 Å². The maximum absolute atomic E-state index is 11.5. The van der Waals surface area contributed by atoms with Crippen LogP contribution < -0.4 is 5.32 Å². The molecule has 0 aliphatic heterocycles. The van der Waals surface area contributed by atoms with Crippen LogP contribution in [0.15, 0.2) is 30.5 Å². The standard InChI is InChI=1S/C12H12N4O3/c17-11(10-7-14-16-15-10)13-5-4-8-2-1-3-9(6-8)12(18)19/h1-3,6-7H,4-5H2,(H,13,17)(H,18,19)(H,14,15,16). The number of aromatic carboxylic acids is 1. The first-order valence-corrected chi connectivity index (χ1v) is 5.63. The van der Waals surface area contributed by atoms with Crippen LogP contribution in [-0.2, 0) is 6.42 Å². The predicted octanol–water partition coefficient (Wildman–Crippen LogP) is 0.475. The molecule has 0 fully saturated rings. The number of carboxylic acid groups (broad SMARTS) is 1. The highest BCUT2D eigenvalue weighted by Gasteiger charge is 2.08. The van der Waals surface area contributed by atoms with Gasteiger partial charge in [-0.3, -0.25) is 4.79 Å². The molecule has 2 aromatic rings. The Labute approximate surface area is 108 Å². The largest absolute Gasteiger partial charge is 0.478 e. The number of aromatic nitrogens is 3. The second kappa shape index (κ2) is 5.76. The third-order valence-corrected chi connectivity index (χ3v) is 2.52. The van der Waals surface area contributed by atoms with E-state index in [2.05, 4.69) is 20.7 Å². The Bertz CT molecular complexity index is 580. The minimum absolute atomic E-state index is 0.222. The molecule has 0 unspecified atom stereocenters. The first kappa shape index (κ1) is 12.7. The molecule has 0 bridgehead atoms. The van der Waals surface area contributed by atoms with E-state index in [1.165, 1.54) is 12.3 Å². The monoisotopic (exact) mass is 260 g/mol. The summed E-state index contributed by atoms with van der Waals surface area (Å²) in [6.07, 6.45) is 1.88. The van der Waals surface area contributed by atoms with Gasteiger partial charge < -0.3 is 10.4 Å². The number of amides is 1. The smallest absolute Gasteiger partial charge is 0.335 e. The molecule has 19 heavy (non-hydrogen) atoms. The van der Waals surface area contributed by atoms with Crippen LogP contribution in [0.1, 0.15) is 26.4 Å². The topological polar surface area (TPSA) is 108 Å². The summed E-state index contributed by atoms with van der Waals surface area (Å²) in [6.45, 7) is 0.398. The fourth-order valence-corrected chi connectivity index (χ4v) is 1.58. The number of rotatable bonds is 5. The molecule has 0 aliphatic carbocycles. The van der Waals surface area contributed by atoms with Crippen molar-refractivity contribution in [3.63, 3.8) is 0 Å². The van der Waals surface area contributed by atoms with Crippen LogP contribution in [0.5, 0.6) is 0 Å². The fraction of sp³-hybridized carbons (Fsp3) is 0.167. The number of hydrogen-bond donors (Lipinski definition) is 3. The molecule has 2 rings (SSSR count). The quantitative estimate of drug-likeness (QED) is 0.724. The lowest BCUT2D eigenvalue weighted by atomic mass is 10.1. The zero-order chi connectivity index (χ0) is 13.7. The molecule has 1 aromatic heterocycles. The van der Waals surface area contributed by atoms with Gasteiger partial charge in [-0.1, -0.05) is 12.1 Å². The van der Waals surface area contributed by atoms with Gasteiger partial charge in [0, 0.05) is 6.54 Å². The highest BCUT2D eigenvalue weighted by Crippen LogP contribution is 2.05. The van der Waals surface area contributed by atoms with Gasteiger partial charge in [0.15, 0.2) is 5.69 Å².